The molecular weight excluding hydrogens is 378 g/mol. The Morgan fingerprint density at radius 1 is 1.03 bits per heavy atom. The Morgan fingerprint density at radius 3 is 2.60 bits per heavy atom. The summed E-state index contributed by atoms with van der Waals surface area (Å²) in [5, 5.41) is 2.88. The van der Waals surface area contributed by atoms with E-state index in [0.29, 0.717) is 17.2 Å². The number of ether oxygens (including phenoxy) is 2. The number of methoxy groups -OCH3 is 1. The molecule has 2 aromatic carbocycles. The molecule has 0 saturated carbocycles. The van der Waals surface area contributed by atoms with Crippen LogP contribution in [-0.2, 0) is 4.79 Å². The normalized spacial score (nSPS) is 10.8. The summed E-state index contributed by atoms with van der Waals surface area (Å²) in [7, 11) is 1.57. The first-order valence-electron chi connectivity index (χ1n) is 9.66. The van der Waals surface area contributed by atoms with Crippen LogP contribution in [0.3, 0.4) is 0 Å². The van der Waals surface area contributed by atoms with Crippen LogP contribution in [0.5, 0.6) is 11.5 Å². The molecule has 0 unspecified atom stereocenters. The van der Waals surface area contributed by atoms with Crippen molar-refractivity contribution in [3.63, 3.8) is 0 Å². The molecule has 0 atom stereocenters. The third-order valence-corrected chi connectivity index (χ3v) is 4.90. The van der Waals surface area contributed by atoms with E-state index in [1.807, 2.05) is 85.2 Å². The van der Waals surface area contributed by atoms with Gasteiger partial charge in [0.1, 0.15) is 17.1 Å². The van der Waals surface area contributed by atoms with Crippen LogP contribution < -0.4 is 14.8 Å². The molecule has 152 valence electrons. The zero-order valence-electron chi connectivity index (χ0n) is 17.2. The van der Waals surface area contributed by atoms with E-state index in [4.69, 9.17) is 14.5 Å². The van der Waals surface area contributed by atoms with Crippen LogP contribution in [0.25, 0.3) is 16.9 Å². The molecule has 1 N–H and O–H groups in total. The Hall–Kier alpha value is -3.80. The summed E-state index contributed by atoms with van der Waals surface area (Å²) < 4.78 is 13.0. The van der Waals surface area contributed by atoms with Crippen molar-refractivity contribution >= 4 is 17.2 Å². The maximum absolute atomic E-state index is 12.5. The number of nitrogens with zero attached hydrogens (tertiary/aromatic N) is 2. The lowest BCUT2D eigenvalue weighted by molar-refractivity contribution is -0.118. The number of aryl methyl sites for hydroxylation is 2. The molecule has 1 amide bonds. The van der Waals surface area contributed by atoms with Gasteiger partial charge in [0.2, 0.25) is 0 Å². The summed E-state index contributed by atoms with van der Waals surface area (Å²) in [6.07, 6.45) is 3.94. The van der Waals surface area contributed by atoms with E-state index in [1.54, 1.807) is 7.11 Å². The van der Waals surface area contributed by atoms with Crippen molar-refractivity contribution in [2.24, 2.45) is 0 Å². The fourth-order valence-electron chi connectivity index (χ4n) is 3.31. The van der Waals surface area contributed by atoms with Crippen LogP contribution in [0.2, 0.25) is 0 Å². The molecule has 0 bridgehead atoms. The lowest BCUT2D eigenvalue weighted by Crippen LogP contribution is -2.20. The number of pyridine rings is 1. The third kappa shape index (κ3) is 3.98. The second-order valence-corrected chi connectivity index (χ2v) is 7.07. The minimum absolute atomic E-state index is 0.0915. The molecule has 0 fully saturated rings. The van der Waals surface area contributed by atoms with Crippen LogP contribution in [0.1, 0.15) is 11.1 Å². The highest BCUT2D eigenvalue weighted by atomic mass is 16.5. The highest BCUT2D eigenvalue weighted by molar-refractivity contribution is 5.94. The van der Waals surface area contributed by atoms with Gasteiger partial charge in [0.25, 0.3) is 5.91 Å². The standard InChI is InChI=1S/C24H23N3O3/c1-16-7-4-5-9-21(16)30-15-23(28)25-19-13-18(10-11-22(19)29-3)20-14-27-12-6-8-17(2)24(27)26-20/h4-14H,15H2,1-3H3,(H,25,28). The molecule has 0 radical (unpaired) electrons. The van der Waals surface area contributed by atoms with E-state index in [-0.39, 0.29) is 12.5 Å². The summed E-state index contributed by atoms with van der Waals surface area (Å²) in [4.78, 5) is 17.2. The fourth-order valence-corrected chi connectivity index (χ4v) is 3.31. The number of benzene rings is 2. The molecule has 0 saturated heterocycles. The van der Waals surface area contributed by atoms with Gasteiger partial charge in [-0.2, -0.15) is 0 Å². The van der Waals surface area contributed by atoms with Gasteiger partial charge in [0.05, 0.1) is 18.5 Å². The average Bonchev–Trinajstić information content (AvgIpc) is 3.19. The Morgan fingerprint density at radius 2 is 1.83 bits per heavy atom. The first-order valence-corrected chi connectivity index (χ1v) is 9.66. The van der Waals surface area contributed by atoms with E-state index in [9.17, 15) is 4.79 Å². The maximum Gasteiger partial charge on any atom is 0.262 e. The van der Waals surface area contributed by atoms with Gasteiger partial charge >= 0.3 is 0 Å². The van der Waals surface area contributed by atoms with Crippen molar-refractivity contribution in [3.05, 3.63) is 78.1 Å². The molecule has 4 aromatic rings. The Labute approximate surface area is 175 Å². The molecule has 30 heavy (non-hydrogen) atoms. The van der Waals surface area contributed by atoms with Crippen LogP contribution in [0.15, 0.2) is 67.0 Å². The number of carbonyl (C=O) groups is 1. The van der Waals surface area contributed by atoms with Gasteiger partial charge in [-0.3, -0.25) is 4.79 Å². The van der Waals surface area contributed by atoms with Crippen molar-refractivity contribution in [3.8, 4) is 22.8 Å². The lowest BCUT2D eigenvalue weighted by Gasteiger charge is -2.13. The Bertz CT molecular complexity index is 1210. The lowest BCUT2D eigenvalue weighted by atomic mass is 10.1. The van der Waals surface area contributed by atoms with Crippen molar-refractivity contribution in [1.29, 1.82) is 0 Å². The fraction of sp³-hybridized carbons (Fsp3) is 0.167. The quantitative estimate of drug-likeness (QED) is 0.511. The van der Waals surface area contributed by atoms with Gasteiger partial charge in [-0.15, -0.1) is 0 Å². The van der Waals surface area contributed by atoms with E-state index in [2.05, 4.69) is 5.32 Å². The van der Waals surface area contributed by atoms with Gasteiger partial charge in [0.15, 0.2) is 6.61 Å². The first-order chi connectivity index (χ1) is 14.5. The number of imidazole rings is 1. The number of fused-ring (bicyclic) bond motifs is 1. The summed E-state index contributed by atoms with van der Waals surface area (Å²) in [5.74, 6) is 0.996. The largest absolute Gasteiger partial charge is 0.495 e. The number of aromatic nitrogens is 2. The summed E-state index contributed by atoms with van der Waals surface area (Å²) in [6, 6.07) is 17.2. The second-order valence-electron chi connectivity index (χ2n) is 7.07. The average molecular weight is 401 g/mol. The predicted octanol–water partition coefficient (Wildman–Crippen LogP) is 4.64. The molecule has 6 heteroatoms. The van der Waals surface area contributed by atoms with E-state index < -0.39 is 0 Å². The minimum Gasteiger partial charge on any atom is -0.495 e. The number of para-hydroxylation sites is 1. The molecule has 2 aromatic heterocycles. The van der Waals surface area contributed by atoms with Crippen molar-refractivity contribution in [2.75, 3.05) is 19.0 Å². The van der Waals surface area contributed by atoms with Crippen LogP contribution in [-0.4, -0.2) is 29.0 Å². The Balaban J connectivity index is 1.55. The zero-order valence-corrected chi connectivity index (χ0v) is 17.2. The number of hydrogen-bond acceptors (Lipinski definition) is 4. The predicted molar refractivity (Wildman–Crippen MR) is 117 cm³/mol. The van der Waals surface area contributed by atoms with E-state index in [0.717, 1.165) is 28.0 Å². The number of hydrogen-bond donors (Lipinski definition) is 1. The molecule has 0 aliphatic rings. The second kappa shape index (κ2) is 8.29. The highest BCUT2D eigenvalue weighted by Gasteiger charge is 2.13. The smallest absolute Gasteiger partial charge is 0.262 e. The van der Waals surface area contributed by atoms with Gasteiger partial charge in [-0.25, -0.2) is 4.98 Å². The van der Waals surface area contributed by atoms with Crippen molar-refractivity contribution in [1.82, 2.24) is 9.38 Å². The van der Waals surface area contributed by atoms with E-state index >= 15 is 0 Å². The molecule has 0 aliphatic carbocycles. The van der Waals surface area contributed by atoms with Gasteiger partial charge in [0, 0.05) is 18.0 Å². The van der Waals surface area contributed by atoms with Crippen LogP contribution in [0, 0.1) is 13.8 Å². The van der Waals surface area contributed by atoms with Gasteiger partial charge in [-0.05, 0) is 55.3 Å². The monoisotopic (exact) mass is 401 g/mol. The van der Waals surface area contributed by atoms with Crippen LogP contribution >= 0.6 is 0 Å². The number of anilines is 1. The highest BCUT2D eigenvalue weighted by Crippen LogP contribution is 2.31. The summed E-state index contributed by atoms with van der Waals surface area (Å²) in [6.45, 7) is 3.88. The Kier molecular flexibility index (Phi) is 5.39. The van der Waals surface area contributed by atoms with Crippen LogP contribution in [0.4, 0.5) is 5.69 Å². The number of carbonyl (C=O) groups excluding carboxylic acids is 1. The topological polar surface area (TPSA) is 64.9 Å². The SMILES string of the molecule is COc1ccc(-c2cn3cccc(C)c3n2)cc1NC(=O)COc1ccccc1C. The molecule has 6 nitrogen and oxygen atoms in total. The maximum atomic E-state index is 12.5. The third-order valence-electron chi connectivity index (χ3n) is 4.90. The molecule has 2 heterocycles. The van der Waals surface area contributed by atoms with Gasteiger partial charge < -0.3 is 19.2 Å². The minimum atomic E-state index is -0.264. The van der Waals surface area contributed by atoms with Gasteiger partial charge in [-0.1, -0.05) is 24.3 Å². The summed E-state index contributed by atoms with van der Waals surface area (Å²) in [5.41, 5.74) is 5.25. The van der Waals surface area contributed by atoms with Crippen molar-refractivity contribution < 1.29 is 14.3 Å². The number of amides is 1. The molecular formula is C24H23N3O3. The zero-order chi connectivity index (χ0) is 21.1. The molecule has 4 rings (SSSR count). The molecule has 0 aliphatic heterocycles. The van der Waals surface area contributed by atoms with Crippen molar-refractivity contribution in [2.45, 2.75) is 13.8 Å². The number of rotatable bonds is 6. The molecule has 0 spiro atoms. The first kappa shape index (κ1) is 19.5. The summed E-state index contributed by atoms with van der Waals surface area (Å²) >= 11 is 0. The number of nitrogens with one attached hydrogen (secondary N) is 1. The van der Waals surface area contributed by atoms with E-state index in [1.165, 1.54) is 0 Å².